The van der Waals surface area contributed by atoms with Crippen molar-refractivity contribution in [1.82, 2.24) is 9.80 Å². The number of carbonyl (C=O) groups is 2. The Hall–Kier alpha value is -1.14. The highest BCUT2D eigenvalue weighted by Crippen LogP contribution is 2.28. The van der Waals surface area contributed by atoms with Gasteiger partial charge in [-0.25, -0.2) is 4.79 Å². The van der Waals surface area contributed by atoms with E-state index in [1.165, 1.54) is 4.90 Å². The van der Waals surface area contributed by atoms with E-state index in [1.54, 1.807) is 0 Å². The monoisotopic (exact) mass is 284 g/mol. The predicted octanol–water partition coefficient (Wildman–Crippen LogP) is 0.294. The molecule has 2 N–H and O–H groups in total. The minimum atomic E-state index is -1.04. The number of rotatable bonds is 3. The number of nitrogens with zero attached hydrogens (tertiary/aromatic N) is 2. The minimum Gasteiger partial charge on any atom is -0.480 e. The maximum atomic E-state index is 12.6. The van der Waals surface area contributed by atoms with Gasteiger partial charge in [0, 0.05) is 25.0 Å². The van der Waals surface area contributed by atoms with Crippen molar-refractivity contribution in [2.75, 3.05) is 6.54 Å². The van der Waals surface area contributed by atoms with Crippen LogP contribution in [-0.2, 0) is 9.59 Å². The number of carbonyl (C=O) groups excluding carboxylic acids is 1. The largest absolute Gasteiger partial charge is 0.480 e. The summed E-state index contributed by atoms with van der Waals surface area (Å²) in [5.74, 6) is -1.22. The number of hydrogen-bond donors (Lipinski definition) is 2. The topological polar surface area (TPSA) is 81.1 Å². The van der Waals surface area contributed by atoms with E-state index in [4.69, 9.17) is 0 Å². The summed E-state index contributed by atoms with van der Waals surface area (Å²) in [5.41, 5.74) is 0. The van der Waals surface area contributed by atoms with Crippen LogP contribution in [0, 0.1) is 0 Å². The number of aliphatic hydroxyl groups excluding tert-OH is 1. The van der Waals surface area contributed by atoms with Gasteiger partial charge in [-0.2, -0.15) is 0 Å². The SMILES string of the molecule is CC1CCC(C)N1C(C)C(=O)N1C[C@H](O)C[C@@H]1C(=O)O. The minimum absolute atomic E-state index is 0.122. The van der Waals surface area contributed by atoms with Crippen molar-refractivity contribution in [2.45, 2.75) is 70.3 Å². The third-order valence-corrected chi connectivity index (χ3v) is 4.67. The number of hydrogen-bond acceptors (Lipinski definition) is 4. The van der Waals surface area contributed by atoms with E-state index in [0.717, 1.165) is 12.8 Å². The summed E-state index contributed by atoms with van der Waals surface area (Å²) in [6.45, 7) is 6.16. The van der Waals surface area contributed by atoms with Crippen LogP contribution in [0.2, 0.25) is 0 Å². The first-order chi connectivity index (χ1) is 9.32. The molecule has 5 atom stereocenters. The van der Waals surface area contributed by atoms with Gasteiger partial charge in [-0.1, -0.05) is 0 Å². The molecule has 2 rings (SSSR count). The standard InChI is InChI=1S/C14H24N2O4/c1-8-4-5-9(2)16(8)10(3)13(18)15-7-11(17)6-12(15)14(19)20/h8-12,17H,4-7H2,1-3H3,(H,19,20)/t8?,9?,10?,11-,12-/m1/s1. The van der Waals surface area contributed by atoms with Gasteiger partial charge < -0.3 is 15.1 Å². The highest BCUT2D eigenvalue weighted by Gasteiger charge is 2.43. The lowest BCUT2D eigenvalue weighted by molar-refractivity contribution is -0.150. The van der Waals surface area contributed by atoms with Crippen molar-refractivity contribution >= 4 is 11.9 Å². The van der Waals surface area contributed by atoms with E-state index in [-0.39, 0.29) is 24.9 Å². The van der Waals surface area contributed by atoms with Crippen LogP contribution in [0.25, 0.3) is 0 Å². The lowest BCUT2D eigenvalue weighted by Crippen LogP contribution is -2.53. The Bertz CT molecular complexity index is 391. The number of aliphatic hydroxyl groups is 1. The number of carboxylic acids is 1. The van der Waals surface area contributed by atoms with Crippen molar-refractivity contribution in [2.24, 2.45) is 0 Å². The van der Waals surface area contributed by atoms with Crippen LogP contribution in [0.1, 0.15) is 40.0 Å². The molecule has 20 heavy (non-hydrogen) atoms. The van der Waals surface area contributed by atoms with E-state index in [1.807, 2.05) is 6.92 Å². The van der Waals surface area contributed by atoms with Crippen LogP contribution < -0.4 is 0 Å². The molecule has 2 aliphatic rings. The van der Waals surface area contributed by atoms with Gasteiger partial charge in [0.15, 0.2) is 0 Å². The molecule has 0 aromatic rings. The average Bonchev–Trinajstić information content (AvgIpc) is 2.91. The fourth-order valence-corrected chi connectivity index (χ4v) is 3.64. The molecule has 114 valence electrons. The van der Waals surface area contributed by atoms with Gasteiger partial charge in [0.2, 0.25) is 5.91 Å². The lowest BCUT2D eigenvalue weighted by Gasteiger charge is -2.35. The number of aliphatic carboxylic acids is 1. The summed E-state index contributed by atoms with van der Waals surface area (Å²) < 4.78 is 0. The molecular formula is C14H24N2O4. The molecule has 2 fully saturated rings. The lowest BCUT2D eigenvalue weighted by atomic mass is 10.1. The van der Waals surface area contributed by atoms with E-state index in [2.05, 4.69) is 18.7 Å². The normalized spacial score (nSPS) is 36.3. The second-order valence-electron chi connectivity index (χ2n) is 6.13. The summed E-state index contributed by atoms with van der Waals surface area (Å²) >= 11 is 0. The molecule has 1 amide bonds. The molecule has 0 radical (unpaired) electrons. The first-order valence-electron chi connectivity index (χ1n) is 7.31. The van der Waals surface area contributed by atoms with Crippen LogP contribution in [-0.4, -0.2) is 68.7 Å². The Balaban J connectivity index is 2.11. The van der Waals surface area contributed by atoms with E-state index in [0.29, 0.717) is 12.1 Å². The molecule has 2 heterocycles. The van der Waals surface area contributed by atoms with Crippen LogP contribution in [0.4, 0.5) is 0 Å². The summed E-state index contributed by atoms with van der Waals surface area (Å²) in [4.78, 5) is 27.3. The summed E-state index contributed by atoms with van der Waals surface area (Å²) in [7, 11) is 0. The molecule has 3 unspecified atom stereocenters. The van der Waals surface area contributed by atoms with Gasteiger partial charge in [0.1, 0.15) is 6.04 Å². The first-order valence-corrected chi connectivity index (χ1v) is 7.31. The zero-order valence-corrected chi connectivity index (χ0v) is 12.3. The smallest absolute Gasteiger partial charge is 0.326 e. The molecule has 0 aromatic heterocycles. The Morgan fingerprint density at radius 3 is 2.25 bits per heavy atom. The maximum Gasteiger partial charge on any atom is 0.326 e. The average molecular weight is 284 g/mol. The second kappa shape index (κ2) is 5.69. The van der Waals surface area contributed by atoms with Crippen molar-refractivity contribution in [3.8, 4) is 0 Å². The zero-order valence-electron chi connectivity index (χ0n) is 12.3. The molecule has 2 saturated heterocycles. The Morgan fingerprint density at radius 2 is 1.75 bits per heavy atom. The number of carboxylic acid groups (broad SMARTS) is 1. The third kappa shape index (κ3) is 2.67. The van der Waals surface area contributed by atoms with Crippen LogP contribution in [0.5, 0.6) is 0 Å². The van der Waals surface area contributed by atoms with E-state index in [9.17, 15) is 19.8 Å². The van der Waals surface area contributed by atoms with Crippen molar-refractivity contribution in [3.05, 3.63) is 0 Å². The Kier molecular flexibility index (Phi) is 4.34. The van der Waals surface area contributed by atoms with Gasteiger partial charge in [-0.3, -0.25) is 9.69 Å². The maximum absolute atomic E-state index is 12.6. The number of β-amino-alcohol motifs (C(OH)–C–C–N with tert-alkyl or cyclic N) is 1. The highest BCUT2D eigenvalue weighted by atomic mass is 16.4. The summed E-state index contributed by atoms with van der Waals surface area (Å²) in [6, 6.07) is -0.567. The quantitative estimate of drug-likeness (QED) is 0.779. The van der Waals surface area contributed by atoms with Crippen LogP contribution in [0.15, 0.2) is 0 Å². The zero-order chi connectivity index (χ0) is 15.0. The third-order valence-electron chi connectivity index (χ3n) is 4.67. The summed E-state index contributed by atoms with van der Waals surface area (Å²) in [5, 5.41) is 18.8. The van der Waals surface area contributed by atoms with Crippen LogP contribution in [0.3, 0.4) is 0 Å². The van der Waals surface area contributed by atoms with E-state index < -0.39 is 18.1 Å². The molecular weight excluding hydrogens is 260 g/mol. The number of likely N-dealkylation sites (tertiary alicyclic amines) is 2. The fraction of sp³-hybridized carbons (Fsp3) is 0.857. The molecule has 0 aromatic carbocycles. The first kappa shape index (κ1) is 15.3. The van der Waals surface area contributed by atoms with E-state index >= 15 is 0 Å². The Labute approximate surface area is 119 Å². The van der Waals surface area contributed by atoms with Crippen molar-refractivity contribution in [3.63, 3.8) is 0 Å². The number of amides is 1. The molecule has 0 bridgehead atoms. The molecule has 0 saturated carbocycles. The van der Waals surface area contributed by atoms with Crippen molar-refractivity contribution in [1.29, 1.82) is 0 Å². The molecule has 0 spiro atoms. The molecule has 2 aliphatic heterocycles. The van der Waals surface area contributed by atoms with Crippen LogP contribution >= 0.6 is 0 Å². The summed E-state index contributed by atoms with van der Waals surface area (Å²) in [6.07, 6.45) is 1.51. The van der Waals surface area contributed by atoms with Gasteiger partial charge >= 0.3 is 5.97 Å². The van der Waals surface area contributed by atoms with Gasteiger partial charge in [0.25, 0.3) is 0 Å². The Morgan fingerprint density at radius 1 is 1.20 bits per heavy atom. The predicted molar refractivity (Wildman–Crippen MR) is 73.2 cm³/mol. The van der Waals surface area contributed by atoms with Crippen molar-refractivity contribution < 1.29 is 19.8 Å². The molecule has 6 nitrogen and oxygen atoms in total. The molecule has 6 heteroatoms. The van der Waals surface area contributed by atoms with Gasteiger partial charge in [-0.05, 0) is 33.6 Å². The second-order valence-corrected chi connectivity index (χ2v) is 6.13. The fourth-order valence-electron chi connectivity index (χ4n) is 3.64. The van der Waals surface area contributed by atoms with Gasteiger partial charge in [0.05, 0.1) is 12.1 Å². The molecule has 0 aliphatic carbocycles. The van der Waals surface area contributed by atoms with Gasteiger partial charge in [-0.15, -0.1) is 0 Å². The highest BCUT2D eigenvalue weighted by molar-refractivity contribution is 5.87.